The number of ether oxygens (including phenoxy) is 2. The van der Waals surface area contributed by atoms with Crippen molar-refractivity contribution in [1.29, 1.82) is 5.41 Å². The molecular formula is C18H19N5O3. The number of fused-ring (bicyclic) bond motifs is 1. The molecule has 0 amide bonds. The largest absolute Gasteiger partial charge is 0.493 e. The second kappa shape index (κ2) is 7.24. The second-order valence-electron chi connectivity index (χ2n) is 5.50. The molecule has 0 atom stereocenters. The number of aliphatic hydroxyl groups excluding tert-OH is 1. The van der Waals surface area contributed by atoms with Crippen molar-refractivity contribution in [3.63, 3.8) is 0 Å². The summed E-state index contributed by atoms with van der Waals surface area (Å²) in [5.41, 5.74) is 7.90. The normalized spacial score (nSPS) is 10.6. The maximum absolute atomic E-state index is 9.15. The summed E-state index contributed by atoms with van der Waals surface area (Å²) in [6.45, 7) is -0.330. The highest BCUT2D eigenvalue weighted by atomic mass is 16.5. The van der Waals surface area contributed by atoms with E-state index in [2.05, 4.69) is 15.3 Å². The number of rotatable bonds is 6. The molecule has 8 heteroatoms. The number of aliphatic hydroxyl groups is 1. The lowest BCUT2D eigenvalue weighted by molar-refractivity contribution is 0.356. The zero-order valence-corrected chi connectivity index (χ0v) is 14.4. The molecule has 0 saturated carbocycles. The maximum atomic E-state index is 9.15. The number of nitrogen functional groups attached to an aromatic ring is 1. The predicted molar refractivity (Wildman–Crippen MR) is 101 cm³/mol. The molecule has 1 heterocycles. The van der Waals surface area contributed by atoms with Crippen LogP contribution in [0.25, 0.3) is 10.9 Å². The molecule has 8 nitrogen and oxygen atoms in total. The third-order valence-electron chi connectivity index (χ3n) is 3.85. The van der Waals surface area contributed by atoms with Gasteiger partial charge in [-0.05, 0) is 23.8 Å². The lowest BCUT2D eigenvalue weighted by atomic mass is 10.1. The van der Waals surface area contributed by atoms with Gasteiger partial charge in [0.15, 0.2) is 11.5 Å². The summed E-state index contributed by atoms with van der Waals surface area (Å²) in [5, 5.41) is 20.8. The van der Waals surface area contributed by atoms with Gasteiger partial charge in [-0.1, -0.05) is 12.1 Å². The van der Waals surface area contributed by atoms with Gasteiger partial charge < -0.3 is 31.0 Å². The van der Waals surface area contributed by atoms with Gasteiger partial charge >= 0.3 is 0 Å². The lowest BCUT2D eigenvalue weighted by Gasteiger charge is -2.13. The maximum Gasteiger partial charge on any atom is 0.222 e. The fourth-order valence-corrected chi connectivity index (χ4v) is 2.58. The van der Waals surface area contributed by atoms with E-state index >= 15 is 0 Å². The van der Waals surface area contributed by atoms with Gasteiger partial charge in [-0.3, -0.25) is 0 Å². The van der Waals surface area contributed by atoms with Crippen LogP contribution >= 0.6 is 0 Å². The Labute approximate surface area is 150 Å². The van der Waals surface area contributed by atoms with Crippen molar-refractivity contribution >= 4 is 34.1 Å². The van der Waals surface area contributed by atoms with Crippen LogP contribution in [0.1, 0.15) is 5.56 Å². The number of nitrogens with zero attached hydrogens (tertiary/aromatic N) is 2. The van der Waals surface area contributed by atoms with Gasteiger partial charge in [0.05, 0.1) is 32.1 Å². The first-order valence-electron chi connectivity index (χ1n) is 7.80. The van der Waals surface area contributed by atoms with Gasteiger partial charge in [0.2, 0.25) is 5.95 Å². The van der Waals surface area contributed by atoms with Crippen molar-refractivity contribution in [2.45, 2.75) is 0 Å². The minimum absolute atomic E-state index is 0.117. The summed E-state index contributed by atoms with van der Waals surface area (Å²) in [6, 6.07) is 10.6. The van der Waals surface area contributed by atoms with Gasteiger partial charge in [-0.15, -0.1) is 0 Å². The Morgan fingerprint density at radius 3 is 2.58 bits per heavy atom. The summed E-state index contributed by atoms with van der Waals surface area (Å²) >= 11 is 0. The topological polar surface area (TPSA) is 126 Å². The van der Waals surface area contributed by atoms with E-state index < -0.39 is 0 Å². The monoisotopic (exact) mass is 353 g/mol. The van der Waals surface area contributed by atoms with E-state index in [-0.39, 0.29) is 18.3 Å². The second-order valence-corrected chi connectivity index (χ2v) is 5.50. The molecule has 0 saturated heterocycles. The first-order valence-corrected chi connectivity index (χ1v) is 7.80. The molecule has 3 rings (SSSR count). The van der Waals surface area contributed by atoms with Crippen LogP contribution < -0.4 is 20.5 Å². The van der Waals surface area contributed by atoms with Gasteiger partial charge in [0.25, 0.3) is 0 Å². The van der Waals surface area contributed by atoms with Crippen LogP contribution in [-0.4, -0.2) is 41.6 Å². The SMILES string of the molecule is COc1cc2nc(N)nc(Nc3cccc(C(=N)CO)c3)c2cc1OC. The van der Waals surface area contributed by atoms with E-state index in [0.29, 0.717) is 39.5 Å². The van der Waals surface area contributed by atoms with Crippen molar-refractivity contribution < 1.29 is 14.6 Å². The van der Waals surface area contributed by atoms with E-state index in [1.807, 2.05) is 6.07 Å². The van der Waals surface area contributed by atoms with Gasteiger partial charge in [0.1, 0.15) is 5.82 Å². The number of benzene rings is 2. The third-order valence-corrected chi connectivity index (χ3v) is 3.85. The Bertz CT molecular complexity index is 974. The van der Waals surface area contributed by atoms with E-state index in [9.17, 15) is 0 Å². The highest BCUT2D eigenvalue weighted by Gasteiger charge is 2.13. The zero-order valence-electron chi connectivity index (χ0n) is 14.4. The molecule has 0 bridgehead atoms. The Morgan fingerprint density at radius 1 is 1.15 bits per heavy atom. The van der Waals surface area contributed by atoms with Crippen molar-refractivity contribution in [2.24, 2.45) is 0 Å². The Morgan fingerprint density at radius 2 is 1.88 bits per heavy atom. The molecule has 26 heavy (non-hydrogen) atoms. The molecule has 0 fully saturated rings. The predicted octanol–water partition coefficient (Wildman–Crippen LogP) is 2.33. The number of nitrogens with two attached hydrogens (primary N) is 1. The summed E-state index contributed by atoms with van der Waals surface area (Å²) in [5.74, 6) is 1.71. The minimum atomic E-state index is -0.330. The molecule has 0 aliphatic carbocycles. The summed E-state index contributed by atoms with van der Waals surface area (Å²) < 4.78 is 10.7. The first-order chi connectivity index (χ1) is 12.5. The molecule has 0 aliphatic rings. The van der Waals surface area contributed by atoms with Crippen LogP contribution in [0.2, 0.25) is 0 Å². The van der Waals surface area contributed by atoms with E-state index in [0.717, 1.165) is 0 Å². The molecule has 1 aromatic heterocycles. The number of hydrogen-bond donors (Lipinski definition) is 4. The van der Waals surface area contributed by atoms with Crippen molar-refractivity contribution in [2.75, 3.05) is 31.9 Å². The number of aromatic nitrogens is 2. The van der Waals surface area contributed by atoms with Crippen LogP contribution in [0, 0.1) is 5.41 Å². The summed E-state index contributed by atoms with van der Waals surface area (Å²) in [7, 11) is 3.11. The van der Waals surface area contributed by atoms with Crippen LogP contribution in [-0.2, 0) is 0 Å². The first kappa shape index (κ1) is 17.4. The fourth-order valence-electron chi connectivity index (χ4n) is 2.58. The molecule has 5 N–H and O–H groups in total. The third kappa shape index (κ3) is 3.35. The smallest absolute Gasteiger partial charge is 0.222 e. The molecular weight excluding hydrogens is 334 g/mol. The average molecular weight is 353 g/mol. The zero-order chi connectivity index (χ0) is 18.7. The van der Waals surface area contributed by atoms with Gasteiger partial charge in [-0.25, -0.2) is 4.98 Å². The molecule has 0 aliphatic heterocycles. The standard InChI is InChI=1S/C18H19N5O3/c1-25-15-7-12-14(8-16(15)26-2)22-18(20)23-17(12)21-11-5-3-4-10(6-11)13(19)9-24/h3-8,19,24H,9H2,1-2H3,(H3,20,21,22,23). The van der Waals surface area contributed by atoms with Crippen LogP contribution in [0.15, 0.2) is 36.4 Å². The van der Waals surface area contributed by atoms with E-state index in [1.165, 1.54) is 0 Å². The van der Waals surface area contributed by atoms with E-state index in [4.69, 9.17) is 25.7 Å². The minimum Gasteiger partial charge on any atom is -0.493 e. The number of methoxy groups -OCH3 is 2. The Balaban J connectivity index is 2.08. The average Bonchev–Trinajstić information content (AvgIpc) is 2.66. The van der Waals surface area contributed by atoms with Crippen molar-refractivity contribution in [3.05, 3.63) is 42.0 Å². The Hall–Kier alpha value is -3.39. The number of hydrogen-bond acceptors (Lipinski definition) is 8. The molecule has 3 aromatic rings. The quantitative estimate of drug-likeness (QED) is 0.501. The fraction of sp³-hybridized carbons (Fsp3) is 0.167. The summed E-state index contributed by atoms with van der Waals surface area (Å²) in [4.78, 5) is 8.52. The van der Waals surface area contributed by atoms with Crippen molar-refractivity contribution in [1.82, 2.24) is 9.97 Å². The van der Waals surface area contributed by atoms with Crippen molar-refractivity contribution in [3.8, 4) is 11.5 Å². The number of nitrogens with one attached hydrogen (secondary N) is 2. The van der Waals surface area contributed by atoms with Gasteiger partial charge in [-0.2, -0.15) is 4.98 Å². The van der Waals surface area contributed by atoms with Crippen LogP contribution in [0.5, 0.6) is 11.5 Å². The molecule has 0 radical (unpaired) electrons. The number of anilines is 3. The Kier molecular flexibility index (Phi) is 4.85. The molecule has 2 aromatic carbocycles. The van der Waals surface area contributed by atoms with E-state index in [1.54, 1.807) is 44.6 Å². The lowest BCUT2D eigenvalue weighted by Crippen LogP contribution is -2.06. The summed E-state index contributed by atoms with van der Waals surface area (Å²) in [6.07, 6.45) is 0. The van der Waals surface area contributed by atoms with Gasteiger partial charge in [0, 0.05) is 17.1 Å². The highest BCUT2D eigenvalue weighted by Crippen LogP contribution is 2.35. The molecule has 0 spiro atoms. The molecule has 134 valence electrons. The van der Waals surface area contributed by atoms with Crippen LogP contribution in [0.3, 0.4) is 0 Å². The highest BCUT2D eigenvalue weighted by molar-refractivity contribution is 6.00. The molecule has 0 unspecified atom stereocenters. The van der Waals surface area contributed by atoms with Crippen LogP contribution in [0.4, 0.5) is 17.5 Å².